The van der Waals surface area contributed by atoms with Crippen LogP contribution in [-0.4, -0.2) is 35.1 Å². The minimum Gasteiger partial charge on any atom is -0.481 e. The third-order valence-corrected chi connectivity index (χ3v) is 4.03. The summed E-state index contributed by atoms with van der Waals surface area (Å²) in [5, 5.41) is 9.14. The van der Waals surface area contributed by atoms with E-state index in [1.807, 2.05) is 6.92 Å². The molecule has 1 unspecified atom stereocenters. The average molecular weight is 265 g/mol. The Bertz CT molecular complexity index is 446. The molecule has 0 amide bonds. The molecule has 0 aliphatic carbocycles. The van der Waals surface area contributed by atoms with E-state index in [0.717, 1.165) is 18.5 Å². The standard InChI is InChI=1S/C15H20FNO2/c1-10-8-17(9-14(10)15(18)19)11(2)7-12-3-5-13(16)6-4-12/h3-6,10-11,14H,7-9H2,1-2H3,(H,18,19)/t10-,11?,14-/m1/s1. The molecule has 104 valence electrons. The summed E-state index contributed by atoms with van der Waals surface area (Å²) in [6, 6.07) is 6.79. The third kappa shape index (κ3) is 3.32. The topological polar surface area (TPSA) is 40.5 Å². The summed E-state index contributed by atoms with van der Waals surface area (Å²) in [4.78, 5) is 13.3. The molecular formula is C15H20FNO2. The molecule has 3 nitrogen and oxygen atoms in total. The number of hydrogen-bond donors (Lipinski definition) is 1. The van der Waals surface area contributed by atoms with E-state index >= 15 is 0 Å². The molecule has 2 rings (SSSR count). The number of halogens is 1. The summed E-state index contributed by atoms with van der Waals surface area (Å²) in [6.07, 6.45) is 0.819. The Morgan fingerprint density at radius 3 is 2.58 bits per heavy atom. The van der Waals surface area contributed by atoms with Gasteiger partial charge in [-0.25, -0.2) is 4.39 Å². The molecule has 1 heterocycles. The number of likely N-dealkylation sites (tertiary alicyclic amines) is 1. The summed E-state index contributed by atoms with van der Waals surface area (Å²) in [7, 11) is 0. The fraction of sp³-hybridized carbons (Fsp3) is 0.533. The van der Waals surface area contributed by atoms with Crippen LogP contribution in [0.25, 0.3) is 0 Å². The highest BCUT2D eigenvalue weighted by Crippen LogP contribution is 2.25. The molecule has 0 saturated carbocycles. The van der Waals surface area contributed by atoms with Gasteiger partial charge in [0.25, 0.3) is 0 Å². The highest BCUT2D eigenvalue weighted by atomic mass is 19.1. The van der Waals surface area contributed by atoms with Gasteiger partial charge in [-0.1, -0.05) is 19.1 Å². The normalized spacial score (nSPS) is 25.4. The van der Waals surface area contributed by atoms with Crippen molar-refractivity contribution in [2.45, 2.75) is 26.3 Å². The van der Waals surface area contributed by atoms with Crippen molar-refractivity contribution in [1.29, 1.82) is 0 Å². The minimum atomic E-state index is -0.705. The number of hydrogen-bond acceptors (Lipinski definition) is 2. The lowest BCUT2D eigenvalue weighted by Gasteiger charge is -2.24. The summed E-state index contributed by atoms with van der Waals surface area (Å²) in [5.41, 5.74) is 1.08. The number of carbonyl (C=O) groups is 1. The predicted octanol–water partition coefficient (Wildman–Crippen LogP) is 2.41. The Labute approximate surface area is 113 Å². The Morgan fingerprint density at radius 2 is 2.05 bits per heavy atom. The van der Waals surface area contributed by atoms with Gasteiger partial charge in [-0.3, -0.25) is 9.69 Å². The second-order valence-electron chi connectivity index (χ2n) is 5.56. The molecule has 1 aromatic rings. The average Bonchev–Trinajstić information content (AvgIpc) is 2.74. The first-order valence-electron chi connectivity index (χ1n) is 6.68. The van der Waals surface area contributed by atoms with Crippen LogP contribution in [0, 0.1) is 17.7 Å². The number of carboxylic acid groups (broad SMARTS) is 1. The maximum Gasteiger partial charge on any atom is 0.308 e. The number of carboxylic acids is 1. The van der Waals surface area contributed by atoms with Crippen molar-refractivity contribution in [1.82, 2.24) is 4.90 Å². The number of benzene rings is 1. The van der Waals surface area contributed by atoms with Crippen LogP contribution in [0.1, 0.15) is 19.4 Å². The van der Waals surface area contributed by atoms with Gasteiger partial charge in [0.1, 0.15) is 5.82 Å². The SMILES string of the molecule is CC(Cc1ccc(F)cc1)N1C[C@@H](C)[C@H](C(=O)O)C1. The van der Waals surface area contributed by atoms with E-state index in [1.54, 1.807) is 12.1 Å². The van der Waals surface area contributed by atoms with Gasteiger partial charge in [0.2, 0.25) is 0 Å². The van der Waals surface area contributed by atoms with Crippen LogP contribution >= 0.6 is 0 Å². The van der Waals surface area contributed by atoms with Crippen molar-refractivity contribution in [2.24, 2.45) is 11.8 Å². The van der Waals surface area contributed by atoms with Crippen molar-refractivity contribution in [3.63, 3.8) is 0 Å². The van der Waals surface area contributed by atoms with E-state index in [2.05, 4.69) is 11.8 Å². The van der Waals surface area contributed by atoms with Crippen LogP contribution < -0.4 is 0 Å². The molecule has 3 atom stereocenters. The zero-order valence-electron chi connectivity index (χ0n) is 11.3. The molecule has 0 radical (unpaired) electrons. The first kappa shape index (κ1) is 14.0. The van der Waals surface area contributed by atoms with Gasteiger partial charge < -0.3 is 5.11 Å². The van der Waals surface area contributed by atoms with Gasteiger partial charge in [0.15, 0.2) is 0 Å². The first-order chi connectivity index (χ1) is 8.97. The van der Waals surface area contributed by atoms with E-state index in [9.17, 15) is 9.18 Å². The van der Waals surface area contributed by atoms with E-state index in [1.165, 1.54) is 12.1 Å². The highest BCUT2D eigenvalue weighted by Gasteiger charge is 2.36. The number of nitrogens with zero attached hydrogens (tertiary/aromatic N) is 1. The van der Waals surface area contributed by atoms with Crippen LogP contribution in [0.4, 0.5) is 4.39 Å². The van der Waals surface area contributed by atoms with E-state index in [-0.39, 0.29) is 23.7 Å². The quantitative estimate of drug-likeness (QED) is 0.909. The van der Waals surface area contributed by atoms with Crippen LogP contribution in [0.5, 0.6) is 0 Å². The van der Waals surface area contributed by atoms with Crippen molar-refractivity contribution < 1.29 is 14.3 Å². The number of aliphatic carboxylic acids is 1. The molecule has 19 heavy (non-hydrogen) atoms. The molecule has 0 bridgehead atoms. The second kappa shape index (κ2) is 5.70. The zero-order chi connectivity index (χ0) is 14.0. The van der Waals surface area contributed by atoms with Crippen LogP contribution in [0.2, 0.25) is 0 Å². The summed E-state index contributed by atoms with van der Waals surface area (Å²) in [6.45, 7) is 5.52. The van der Waals surface area contributed by atoms with Crippen molar-refractivity contribution in [2.75, 3.05) is 13.1 Å². The van der Waals surface area contributed by atoms with Crippen LogP contribution in [-0.2, 0) is 11.2 Å². The molecule has 1 aliphatic heterocycles. The van der Waals surface area contributed by atoms with Crippen LogP contribution in [0.3, 0.4) is 0 Å². The highest BCUT2D eigenvalue weighted by molar-refractivity contribution is 5.71. The fourth-order valence-electron chi connectivity index (χ4n) is 2.78. The van der Waals surface area contributed by atoms with Crippen LogP contribution in [0.15, 0.2) is 24.3 Å². The Morgan fingerprint density at radius 1 is 1.42 bits per heavy atom. The van der Waals surface area contributed by atoms with Gasteiger partial charge >= 0.3 is 5.97 Å². The van der Waals surface area contributed by atoms with E-state index in [4.69, 9.17) is 5.11 Å². The Hall–Kier alpha value is -1.42. The van der Waals surface area contributed by atoms with Gasteiger partial charge in [0.05, 0.1) is 5.92 Å². The Balaban J connectivity index is 1.96. The van der Waals surface area contributed by atoms with Gasteiger partial charge in [-0.15, -0.1) is 0 Å². The third-order valence-electron chi connectivity index (χ3n) is 4.03. The molecule has 1 N–H and O–H groups in total. The van der Waals surface area contributed by atoms with Crippen molar-refractivity contribution in [3.05, 3.63) is 35.6 Å². The molecule has 1 fully saturated rings. The summed E-state index contributed by atoms with van der Waals surface area (Å²) < 4.78 is 12.8. The fourth-order valence-corrected chi connectivity index (χ4v) is 2.78. The summed E-state index contributed by atoms with van der Waals surface area (Å²) >= 11 is 0. The second-order valence-corrected chi connectivity index (χ2v) is 5.56. The minimum absolute atomic E-state index is 0.188. The first-order valence-corrected chi connectivity index (χ1v) is 6.68. The molecule has 1 aromatic carbocycles. The smallest absolute Gasteiger partial charge is 0.308 e. The Kier molecular flexibility index (Phi) is 4.20. The number of rotatable bonds is 4. The monoisotopic (exact) mass is 265 g/mol. The lowest BCUT2D eigenvalue weighted by atomic mass is 9.99. The van der Waals surface area contributed by atoms with Crippen molar-refractivity contribution in [3.8, 4) is 0 Å². The van der Waals surface area contributed by atoms with Crippen molar-refractivity contribution >= 4 is 5.97 Å². The molecule has 0 spiro atoms. The zero-order valence-corrected chi connectivity index (χ0v) is 11.3. The summed E-state index contributed by atoms with van der Waals surface area (Å²) in [5.74, 6) is -1.01. The molecule has 1 saturated heterocycles. The van der Waals surface area contributed by atoms with Gasteiger partial charge in [0, 0.05) is 19.1 Å². The largest absolute Gasteiger partial charge is 0.481 e. The lowest BCUT2D eigenvalue weighted by Crippen LogP contribution is -2.33. The lowest BCUT2D eigenvalue weighted by molar-refractivity contribution is -0.142. The molecular weight excluding hydrogens is 245 g/mol. The maximum absolute atomic E-state index is 12.8. The van der Waals surface area contributed by atoms with E-state index in [0.29, 0.717) is 6.54 Å². The van der Waals surface area contributed by atoms with E-state index < -0.39 is 5.97 Å². The molecule has 4 heteroatoms. The van der Waals surface area contributed by atoms with Gasteiger partial charge in [-0.05, 0) is 37.0 Å². The molecule has 1 aliphatic rings. The van der Waals surface area contributed by atoms with Gasteiger partial charge in [-0.2, -0.15) is 0 Å². The predicted molar refractivity (Wildman–Crippen MR) is 71.4 cm³/mol. The maximum atomic E-state index is 12.8. The molecule has 0 aromatic heterocycles.